The molecule has 3 heterocycles. The molecule has 5 nitrogen and oxygen atoms in total. The second kappa shape index (κ2) is 7.93. The Morgan fingerprint density at radius 2 is 1.83 bits per heavy atom. The van der Waals surface area contributed by atoms with Crippen LogP contribution in [0.3, 0.4) is 0 Å². The first-order valence-electron chi connectivity index (χ1n) is 9.40. The smallest absolute Gasteiger partial charge is 0.231 e. The average molecular weight is 411 g/mol. The Morgan fingerprint density at radius 3 is 2.63 bits per heavy atom. The molecule has 0 aliphatic heterocycles. The Labute approximate surface area is 177 Å². The lowest BCUT2D eigenvalue weighted by molar-refractivity contribution is 0.406. The van der Waals surface area contributed by atoms with Crippen molar-refractivity contribution in [3.05, 3.63) is 89.9 Å². The summed E-state index contributed by atoms with van der Waals surface area (Å²) in [7, 11) is 1.63. The topological polar surface area (TPSA) is 60.5 Å². The highest BCUT2D eigenvalue weighted by molar-refractivity contribution is 7.13. The predicted molar refractivity (Wildman–Crippen MR) is 119 cm³/mol. The number of thiazole rings is 1. The van der Waals surface area contributed by atoms with Crippen molar-refractivity contribution in [2.45, 2.75) is 0 Å². The number of hydrogen-bond donors (Lipinski definition) is 0. The molecule has 5 aromatic rings. The molecule has 5 rings (SSSR count). The maximum Gasteiger partial charge on any atom is 0.231 e. The summed E-state index contributed by atoms with van der Waals surface area (Å²) in [5.74, 6) is 1.22. The number of nitrogens with zero attached hydrogens (tertiary/aromatic N) is 3. The molecule has 2 aromatic carbocycles. The number of benzene rings is 2. The van der Waals surface area contributed by atoms with E-state index < -0.39 is 0 Å². The van der Waals surface area contributed by atoms with Crippen LogP contribution in [0.4, 0.5) is 5.82 Å². The summed E-state index contributed by atoms with van der Waals surface area (Å²) < 4.78 is 11.7. The SMILES string of the molecule is COc1cccc2cc(-c3nc(-c4ccccc4)cs3)/c(=N/c3ccccn3)oc12. The number of methoxy groups -OCH3 is 1. The summed E-state index contributed by atoms with van der Waals surface area (Å²) in [5, 5.41) is 3.79. The maximum absolute atomic E-state index is 6.22. The van der Waals surface area contributed by atoms with Crippen LogP contribution in [0.25, 0.3) is 32.8 Å². The van der Waals surface area contributed by atoms with Gasteiger partial charge in [-0.1, -0.05) is 48.5 Å². The number of pyridine rings is 1. The van der Waals surface area contributed by atoms with Crippen molar-refractivity contribution in [3.8, 4) is 27.6 Å². The first-order valence-corrected chi connectivity index (χ1v) is 10.3. The zero-order valence-electron chi connectivity index (χ0n) is 16.1. The Hall–Kier alpha value is -3.77. The van der Waals surface area contributed by atoms with E-state index >= 15 is 0 Å². The fourth-order valence-electron chi connectivity index (χ4n) is 3.18. The van der Waals surface area contributed by atoms with E-state index in [-0.39, 0.29) is 0 Å². The molecular formula is C24H17N3O2S. The van der Waals surface area contributed by atoms with Crippen molar-refractivity contribution < 1.29 is 9.15 Å². The highest BCUT2D eigenvalue weighted by Crippen LogP contribution is 2.31. The highest BCUT2D eigenvalue weighted by Gasteiger charge is 2.14. The van der Waals surface area contributed by atoms with Crippen LogP contribution < -0.4 is 10.3 Å². The Morgan fingerprint density at radius 1 is 0.967 bits per heavy atom. The van der Waals surface area contributed by atoms with Gasteiger partial charge in [0, 0.05) is 22.5 Å². The first kappa shape index (κ1) is 18.3. The lowest BCUT2D eigenvalue weighted by Gasteiger charge is -2.06. The minimum absolute atomic E-state index is 0.444. The third kappa shape index (κ3) is 3.49. The molecule has 0 N–H and O–H groups in total. The fraction of sp³-hybridized carbons (Fsp3) is 0.0417. The van der Waals surface area contributed by atoms with Crippen LogP contribution in [-0.2, 0) is 0 Å². The van der Waals surface area contributed by atoms with Crippen molar-refractivity contribution in [3.63, 3.8) is 0 Å². The van der Waals surface area contributed by atoms with Crippen LogP contribution in [0.5, 0.6) is 5.75 Å². The zero-order valence-corrected chi connectivity index (χ0v) is 17.0. The summed E-state index contributed by atoms with van der Waals surface area (Å²) >= 11 is 1.56. The predicted octanol–water partition coefficient (Wildman–Crippen LogP) is 5.86. The first-order chi connectivity index (χ1) is 14.8. The number of fused-ring (bicyclic) bond motifs is 1. The van der Waals surface area contributed by atoms with E-state index in [1.807, 2.05) is 78.2 Å². The van der Waals surface area contributed by atoms with Crippen LogP contribution in [0.2, 0.25) is 0 Å². The normalized spacial score (nSPS) is 11.7. The van der Waals surface area contributed by atoms with Gasteiger partial charge in [-0.05, 0) is 24.3 Å². The van der Waals surface area contributed by atoms with Crippen LogP contribution in [0.1, 0.15) is 0 Å². The molecule has 6 heteroatoms. The van der Waals surface area contributed by atoms with Gasteiger partial charge in [-0.2, -0.15) is 4.99 Å². The maximum atomic E-state index is 6.22. The molecule has 0 fully saturated rings. The molecule has 0 aliphatic carbocycles. The van der Waals surface area contributed by atoms with Gasteiger partial charge in [0.25, 0.3) is 0 Å². The molecule has 3 aromatic heterocycles. The number of ether oxygens (including phenoxy) is 1. The molecule has 0 unspecified atom stereocenters. The summed E-state index contributed by atoms with van der Waals surface area (Å²) in [6, 6.07) is 23.5. The Bertz CT molecular complexity index is 1380. The lowest BCUT2D eigenvalue weighted by Crippen LogP contribution is -2.06. The van der Waals surface area contributed by atoms with Gasteiger partial charge in [0.2, 0.25) is 5.55 Å². The number of aromatic nitrogens is 2. The third-order valence-corrected chi connectivity index (χ3v) is 5.50. The van der Waals surface area contributed by atoms with E-state index in [0.29, 0.717) is 22.7 Å². The molecule has 0 saturated heterocycles. The van der Waals surface area contributed by atoms with Crippen molar-refractivity contribution in [2.24, 2.45) is 4.99 Å². The minimum Gasteiger partial charge on any atom is -0.493 e. The van der Waals surface area contributed by atoms with Crippen LogP contribution >= 0.6 is 11.3 Å². The highest BCUT2D eigenvalue weighted by atomic mass is 32.1. The molecule has 30 heavy (non-hydrogen) atoms. The van der Waals surface area contributed by atoms with E-state index in [4.69, 9.17) is 14.1 Å². The molecule has 0 atom stereocenters. The Kier molecular flexibility index (Phi) is 4.83. The van der Waals surface area contributed by atoms with Crippen LogP contribution in [-0.4, -0.2) is 17.1 Å². The van der Waals surface area contributed by atoms with Gasteiger partial charge in [-0.15, -0.1) is 11.3 Å². The van der Waals surface area contributed by atoms with E-state index in [2.05, 4.69) is 9.98 Å². The van der Waals surface area contributed by atoms with Crippen molar-refractivity contribution in [1.82, 2.24) is 9.97 Å². The van der Waals surface area contributed by atoms with E-state index in [1.54, 1.807) is 24.6 Å². The molecule has 0 saturated carbocycles. The number of para-hydroxylation sites is 1. The standard InChI is InChI=1S/C24H17N3O2S/c1-28-20-11-7-10-17-14-18(23(29-22(17)20)27-21-12-5-6-13-25-21)24-26-19(15-30-24)16-8-3-2-4-9-16/h2-15H,1H3/b27-23-. The third-order valence-electron chi connectivity index (χ3n) is 4.63. The van der Waals surface area contributed by atoms with Gasteiger partial charge in [-0.3, -0.25) is 0 Å². The fourth-order valence-corrected chi connectivity index (χ4v) is 4.02. The number of rotatable bonds is 4. The lowest BCUT2D eigenvalue weighted by atomic mass is 10.1. The summed E-state index contributed by atoms with van der Waals surface area (Å²) in [6.45, 7) is 0. The molecule has 0 amide bonds. The molecule has 0 aliphatic rings. The van der Waals surface area contributed by atoms with Crippen molar-refractivity contribution >= 4 is 28.1 Å². The van der Waals surface area contributed by atoms with Gasteiger partial charge in [0.1, 0.15) is 5.01 Å². The molecule has 0 spiro atoms. The van der Waals surface area contributed by atoms with Crippen LogP contribution in [0, 0.1) is 0 Å². The van der Waals surface area contributed by atoms with E-state index in [9.17, 15) is 0 Å². The van der Waals surface area contributed by atoms with E-state index in [0.717, 1.165) is 27.2 Å². The number of hydrogen-bond acceptors (Lipinski definition) is 6. The summed E-state index contributed by atoms with van der Waals surface area (Å²) in [6.07, 6.45) is 1.71. The summed E-state index contributed by atoms with van der Waals surface area (Å²) in [5.41, 5.74) is 3.89. The molecule has 0 radical (unpaired) electrons. The quantitative estimate of drug-likeness (QED) is 0.372. The zero-order chi connectivity index (χ0) is 20.3. The average Bonchev–Trinajstić information content (AvgIpc) is 3.30. The van der Waals surface area contributed by atoms with Gasteiger partial charge < -0.3 is 9.15 Å². The second-order valence-electron chi connectivity index (χ2n) is 6.55. The monoisotopic (exact) mass is 411 g/mol. The van der Waals surface area contributed by atoms with Crippen LogP contribution in [0.15, 0.2) is 93.8 Å². The minimum atomic E-state index is 0.444. The van der Waals surface area contributed by atoms with Gasteiger partial charge in [-0.25, -0.2) is 9.97 Å². The van der Waals surface area contributed by atoms with Crippen molar-refractivity contribution in [2.75, 3.05) is 7.11 Å². The van der Waals surface area contributed by atoms with Gasteiger partial charge in [0.15, 0.2) is 17.2 Å². The molecule has 146 valence electrons. The van der Waals surface area contributed by atoms with Crippen molar-refractivity contribution in [1.29, 1.82) is 0 Å². The Balaban J connectivity index is 1.74. The summed E-state index contributed by atoms with van der Waals surface area (Å²) in [4.78, 5) is 13.8. The largest absolute Gasteiger partial charge is 0.493 e. The molecule has 0 bridgehead atoms. The van der Waals surface area contributed by atoms with E-state index in [1.165, 1.54) is 0 Å². The van der Waals surface area contributed by atoms with Gasteiger partial charge in [0.05, 0.1) is 18.4 Å². The second-order valence-corrected chi connectivity index (χ2v) is 7.41. The molecular weight excluding hydrogens is 394 g/mol. The van der Waals surface area contributed by atoms with Gasteiger partial charge >= 0.3 is 0 Å².